The van der Waals surface area contributed by atoms with Crippen LogP contribution in [0.4, 0.5) is 5.69 Å². The number of nitrogens with zero attached hydrogens (tertiary/aromatic N) is 6. The number of piperazine rings is 1. The Morgan fingerprint density at radius 1 is 1.00 bits per heavy atom. The van der Waals surface area contributed by atoms with Crippen molar-refractivity contribution in [3.63, 3.8) is 0 Å². The standard InChI is InChI=1S/C25H27ClN6S/c1-19-9-10-21(26)18-22(19)30-13-15-31(16-14-30)24(23-8-5-17-33-23)25-27-28-29-32(25)12-11-20-6-3-2-4-7-20/h2-10,17-18,24H,11-16H2,1H3/t24-/m0/s1. The van der Waals surface area contributed by atoms with E-state index in [-0.39, 0.29) is 6.04 Å². The molecule has 1 atom stereocenters. The summed E-state index contributed by atoms with van der Waals surface area (Å²) in [7, 11) is 0. The molecule has 5 rings (SSSR count). The smallest absolute Gasteiger partial charge is 0.173 e. The lowest BCUT2D eigenvalue weighted by molar-refractivity contribution is 0.203. The van der Waals surface area contributed by atoms with E-state index in [0.29, 0.717) is 0 Å². The second-order valence-corrected chi connectivity index (χ2v) is 9.78. The predicted molar refractivity (Wildman–Crippen MR) is 134 cm³/mol. The Bertz CT molecular complexity index is 1170. The molecule has 0 N–H and O–H groups in total. The van der Waals surface area contributed by atoms with Crippen LogP contribution >= 0.6 is 22.9 Å². The van der Waals surface area contributed by atoms with Gasteiger partial charge in [0.15, 0.2) is 5.82 Å². The van der Waals surface area contributed by atoms with Crippen molar-refractivity contribution in [2.24, 2.45) is 0 Å². The van der Waals surface area contributed by atoms with Gasteiger partial charge >= 0.3 is 0 Å². The van der Waals surface area contributed by atoms with Crippen LogP contribution < -0.4 is 4.90 Å². The summed E-state index contributed by atoms with van der Waals surface area (Å²) >= 11 is 8.05. The molecule has 1 aliphatic heterocycles. The first-order chi connectivity index (χ1) is 16.2. The minimum Gasteiger partial charge on any atom is -0.369 e. The van der Waals surface area contributed by atoms with Crippen LogP contribution in [0, 0.1) is 6.92 Å². The Balaban J connectivity index is 1.35. The molecule has 0 unspecified atom stereocenters. The summed E-state index contributed by atoms with van der Waals surface area (Å²) in [5, 5.41) is 15.8. The van der Waals surface area contributed by atoms with Crippen molar-refractivity contribution in [2.75, 3.05) is 31.1 Å². The first-order valence-corrected chi connectivity index (χ1v) is 12.5. The highest BCUT2D eigenvalue weighted by molar-refractivity contribution is 7.10. The summed E-state index contributed by atoms with van der Waals surface area (Å²) in [6, 6.07) is 21.0. The van der Waals surface area contributed by atoms with Crippen LogP contribution in [0.5, 0.6) is 0 Å². The van der Waals surface area contributed by atoms with Crippen molar-refractivity contribution in [3.8, 4) is 0 Å². The molecule has 4 aromatic rings. The van der Waals surface area contributed by atoms with Crippen molar-refractivity contribution < 1.29 is 0 Å². The van der Waals surface area contributed by atoms with Gasteiger partial charge in [-0.05, 0) is 58.5 Å². The number of hydrogen-bond acceptors (Lipinski definition) is 6. The number of anilines is 1. The Morgan fingerprint density at radius 2 is 1.82 bits per heavy atom. The molecule has 2 aromatic carbocycles. The van der Waals surface area contributed by atoms with Gasteiger partial charge in [0, 0.05) is 48.3 Å². The Labute approximate surface area is 203 Å². The maximum Gasteiger partial charge on any atom is 0.173 e. The summed E-state index contributed by atoms with van der Waals surface area (Å²) in [6.45, 7) is 6.65. The fraction of sp³-hybridized carbons (Fsp3) is 0.320. The lowest BCUT2D eigenvalue weighted by Gasteiger charge is -2.40. The van der Waals surface area contributed by atoms with Gasteiger partial charge in [-0.3, -0.25) is 4.90 Å². The van der Waals surface area contributed by atoms with Crippen LogP contribution in [0.1, 0.15) is 27.9 Å². The summed E-state index contributed by atoms with van der Waals surface area (Å²) in [6.07, 6.45) is 0.901. The molecule has 0 bridgehead atoms. The van der Waals surface area contributed by atoms with Gasteiger partial charge in [0.2, 0.25) is 0 Å². The van der Waals surface area contributed by atoms with Crippen molar-refractivity contribution in [1.29, 1.82) is 0 Å². The molecular formula is C25H27ClN6S. The van der Waals surface area contributed by atoms with E-state index in [1.807, 2.05) is 16.8 Å². The van der Waals surface area contributed by atoms with Gasteiger partial charge in [-0.1, -0.05) is 54.1 Å². The van der Waals surface area contributed by atoms with Crippen LogP contribution in [-0.4, -0.2) is 51.3 Å². The van der Waals surface area contributed by atoms with Crippen LogP contribution in [0.2, 0.25) is 5.02 Å². The van der Waals surface area contributed by atoms with Gasteiger partial charge in [0.05, 0.1) is 0 Å². The van der Waals surface area contributed by atoms with E-state index >= 15 is 0 Å². The molecular weight excluding hydrogens is 452 g/mol. The van der Waals surface area contributed by atoms with E-state index in [0.717, 1.165) is 50.0 Å². The van der Waals surface area contributed by atoms with Crippen LogP contribution in [0.3, 0.4) is 0 Å². The van der Waals surface area contributed by atoms with Crippen LogP contribution in [0.25, 0.3) is 0 Å². The van der Waals surface area contributed by atoms with Gasteiger partial charge in [0.25, 0.3) is 0 Å². The first-order valence-electron chi connectivity index (χ1n) is 11.3. The van der Waals surface area contributed by atoms with Crippen molar-refractivity contribution in [2.45, 2.75) is 25.9 Å². The molecule has 1 fully saturated rings. The fourth-order valence-corrected chi connectivity index (χ4v) is 5.53. The van der Waals surface area contributed by atoms with E-state index in [1.165, 1.54) is 21.7 Å². The Hall–Kier alpha value is -2.74. The number of benzene rings is 2. The molecule has 6 nitrogen and oxygen atoms in total. The molecule has 33 heavy (non-hydrogen) atoms. The normalized spacial score (nSPS) is 15.6. The highest BCUT2D eigenvalue weighted by Gasteiger charge is 2.31. The van der Waals surface area contributed by atoms with Crippen LogP contribution in [-0.2, 0) is 13.0 Å². The second kappa shape index (κ2) is 10.0. The molecule has 0 radical (unpaired) electrons. The van der Waals surface area contributed by atoms with Crippen molar-refractivity contribution in [1.82, 2.24) is 25.1 Å². The summed E-state index contributed by atoms with van der Waals surface area (Å²) in [5.41, 5.74) is 3.77. The number of halogens is 1. The highest BCUT2D eigenvalue weighted by atomic mass is 35.5. The molecule has 1 aliphatic rings. The van der Waals surface area contributed by atoms with E-state index in [4.69, 9.17) is 11.6 Å². The minimum atomic E-state index is 0.0541. The van der Waals surface area contributed by atoms with Gasteiger partial charge in [-0.25, -0.2) is 4.68 Å². The SMILES string of the molecule is Cc1ccc(Cl)cc1N1CCN([C@@H](c2cccs2)c2nnnn2CCc2ccccc2)CC1. The first kappa shape index (κ1) is 22.1. The fourth-order valence-electron chi connectivity index (χ4n) is 4.51. The third-order valence-electron chi connectivity index (χ3n) is 6.26. The van der Waals surface area contributed by atoms with E-state index in [2.05, 4.69) is 86.2 Å². The molecule has 0 aliphatic carbocycles. The summed E-state index contributed by atoms with van der Waals surface area (Å²) in [4.78, 5) is 6.22. The molecule has 0 spiro atoms. The average molecular weight is 479 g/mol. The second-order valence-electron chi connectivity index (χ2n) is 8.37. The quantitative estimate of drug-likeness (QED) is 0.380. The number of aromatic nitrogens is 4. The zero-order chi connectivity index (χ0) is 22.6. The molecule has 170 valence electrons. The third kappa shape index (κ3) is 4.95. The predicted octanol–water partition coefficient (Wildman–Crippen LogP) is 4.85. The molecule has 0 amide bonds. The maximum atomic E-state index is 6.28. The average Bonchev–Trinajstić information content (AvgIpc) is 3.54. The molecule has 2 aromatic heterocycles. The van der Waals surface area contributed by atoms with Gasteiger partial charge in [-0.15, -0.1) is 16.4 Å². The largest absolute Gasteiger partial charge is 0.369 e. The Kier molecular flexibility index (Phi) is 6.71. The minimum absolute atomic E-state index is 0.0541. The summed E-state index contributed by atoms with van der Waals surface area (Å²) < 4.78 is 1.98. The molecule has 1 saturated heterocycles. The van der Waals surface area contributed by atoms with Gasteiger partial charge < -0.3 is 4.90 Å². The van der Waals surface area contributed by atoms with E-state index in [1.54, 1.807) is 11.3 Å². The third-order valence-corrected chi connectivity index (χ3v) is 7.42. The number of hydrogen-bond donors (Lipinski definition) is 0. The number of thiophene rings is 1. The van der Waals surface area contributed by atoms with Gasteiger partial charge in [0.1, 0.15) is 6.04 Å². The topological polar surface area (TPSA) is 50.1 Å². The monoisotopic (exact) mass is 478 g/mol. The molecule has 3 heterocycles. The number of aryl methyl sites for hydroxylation is 3. The number of tetrazole rings is 1. The summed E-state index contributed by atoms with van der Waals surface area (Å²) in [5.74, 6) is 0.917. The van der Waals surface area contributed by atoms with E-state index < -0.39 is 0 Å². The number of rotatable bonds is 7. The van der Waals surface area contributed by atoms with Crippen molar-refractivity contribution >= 4 is 28.6 Å². The zero-order valence-corrected chi connectivity index (χ0v) is 20.2. The van der Waals surface area contributed by atoms with Crippen LogP contribution in [0.15, 0.2) is 66.0 Å². The van der Waals surface area contributed by atoms with E-state index in [9.17, 15) is 0 Å². The van der Waals surface area contributed by atoms with Gasteiger partial charge in [-0.2, -0.15) is 0 Å². The molecule has 0 saturated carbocycles. The highest BCUT2D eigenvalue weighted by Crippen LogP contribution is 2.33. The Morgan fingerprint density at radius 3 is 2.58 bits per heavy atom. The zero-order valence-electron chi connectivity index (χ0n) is 18.6. The maximum absolute atomic E-state index is 6.28. The molecule has 8 heteroatoms. The van der Waals surface area contributed by atoms with Crippen molar-refractivity contribution in [3.05, 3.63) is 92.9 Å². The lowest BCUT2D eigenvalue weighted by Crippen LogP contribution is -2.48. The lowest BCUT2D eigenvalue weighted by atomic mass is 10.1.